The molecule has 1 saturated heterocycles. The van der Waals surface area contributed by atoms with E-state index >= 15 is 0 Å². The molecule has 1 unspecified atom stereocenters. The fraction of sp³-hybridized carbons (Fsp3) is 0.238. The average Bonchev–Trinajstić information content (AvgIpc) is 3.02. The first-order valence-electron chi connectivity index (χ1n) is 8.63. The van der Waals surface area contributed by atoms with E-state index in [2.05, 4.69) is 0 Å². The summed E-state index contributed by atoms with van der Waals surface area (Å²) in [5.74, 6) is -0.0541. The molecule has 5 nitrogen and oxygen atoms in total. The molecule has 1 fully saturated rings. The summed E-state index contributed by atoms with van der Waals surface area (Å²) >= 11 is 5.90. The number of aliphatic carboxylic acids is 1. The Morgan fingerprint density at radius 1 is 1.22 bits per heavy atom. The second-order valence-corrected chi connectivity index (χ2v) is 7.00. The Labute approximate surface area is 162 Å². The minimum absolute atomic E-state index is 0.0792. The average molecular weight is 386 g/mol. The van der Waals surface area contributed by atoms with Gasteiger partial charge in [0.05, 0.1) is 6.61 Å². The van der Waals surface area contributed by atoms with Gasteiger partial charge in [0.15, 0.2) is 0 Å². The molecule has 0 spiro atoms. The highest BCUT2D eigenvalue weighted by Crippen LogP contribution is 2.27. The van der Waals surface area contributed by atoms with Crippen LogP contribution in [0.25, 0.3) is 6.08 Å². The van der Waals surface area contributed by atoms with Crippen molar-refractivity contribution in [3.63, 3.8) is 0 Å². The van der Waals surface area contributed by atoms with Gasteiger partial charge in [-0.3, -0.25) is 4.79 Å². The lowest BCUT2D eigenvalue weighted by Gasteiger charge is -2.17. The summed E-state index contributed by atoms with van der Waals surface area (Å²) in [6.45, 7) is 2.61. The summed E-state index contributed by atoms with van der Waals surface area (Å²) in [4.78, 5) is 24.9. The van der Waals surface area contributed by atoms with E-state index in [1.165, 1.54) is 0 Å². The predicted octanol–water partition coefficient (Wildman–Crippen LogP) is 4.26. The van der Waals surface area contributed by atoms with Gasteiger partial charge in [-0.15, -0.1) is 0 Å². The molecule has 3 rings (SSSR count). The first kappa shape index (κ1) is 19.0. The van der Waals surface area contributed by atoms with Gasteiger partial charge >= 0.3 is 5.97 Å². The number of ether oxygens (including phenoxy) is 1. The Kier molecular flexibility index (Phi) is 5.81. The lowest BCUT2D eigenvalue weighted by atomic mass is 10.1. The molecule has 1 atom stereocenters. The fourth-order valence-electron chi connectivity index (χ4n) is 2.95. The number of hydrogen-bond acceptors (Lipinski definition) is 3. The fourth-order valence-corrected chi connectivity index (χ4v) is 3.08. The molecule has 2 aromatic carbocycles. The number of carbonyl (C=O) groups excluding carboxylic acids is 1. The predicted molar refractivity (Wildman–Crippen MR) is 105 cm³/mol. The highest BCUT2D eigenvalue weighted by Gasteiger charge is 2.31. The van der Waals surface area contributed by atoms with Crippen molar-refractivity contribution in [2.45, 2.75) is 13.3 Å². The molecule has 0 aliphatic carbocycles. The third kappa shape index (κ3) is 4.89. The molecule has 1 aliphatic heterocycles. The van der Waals surface area contributed by atoms with Crippen molar-refractivity contribution in [2.24, 2.45) is 5.92 Å². The summed E-state index contributed by atoms with van der Waals surface area (Å²) in [5, 5.41) is 9.55. The van der Waals surface area contributed by atoms with Gasteiger partial charge in [0, 0.05) is 35.2 Å². The minimum atomic E-state index is -0.938. The zero-order chi connectivity index (χ0) is 19.4. The smallest absolute Gasteiger partial charge is 0.331 e. The number of amides is 1. The molecule has 140 valence electrons. The van der Waals surface area contributed by atoms with Crippen molar-refractivity contribution in [2.75, 3.05) is 18.1 Å². The summed E-state index contributed by atoms with van der Waals surface area (Å²) in [6, 6.07) is 14.4. The SMILES string of the molecule is CC(=Cc1ccc(OCC2CC(=O)N(c3ccc(Cl)cc3)C2)cc1)C(=O)O. The number of carbonyl (C=O) groups is 2. The Morgan fingerprint density at radius 2 is 1.89 bits per heavy atom. The number of rotatable bonds is 6. The number of benzene rings is 2. The molecule has 6 heteroatoms. The van der Waals surface area contributed by atoms with Crippen LogP contribution in [-0.2, 0) is 9.59 Å². The van der Waals surface area contributed by atoms with Crippen LogP contribution in [0.1, 0.15) is 18.9 Å². The second-order valence-electron chi connectivity index (χ2n) is 6.56. The molecule has 1 amide bonds. The van der Waals surface area contributed by atoms with E-state index in [1.54, 1.807) is 42.2 Å². The number of carboxylic acid groups (broad SMARTS) is 1. The first-order valence-corrected chi connectivity index (χ1v) is 9.00. The van der Waals surface area contributed by atoms with E-state index < -0.39 is 5.97 Å². The Balaban J connectivity index is 1.56. The van der Waals surface area contributed by atoms with Crippen LogP contribution in [-0.4, -0.2) is 30.1 Å². The number of halogens is 1. The maximum atomic E-state index is 12.3. The van der Waals surface area contributed by atoms with Crippen LogP contribution < -0.4 is 9.64 Å². The normalized spacial score (nSPS) is 17.3. The summed E-state index contributed by atoms with van der Waals surface area (Å²) < 4.78 is 5.81. The molecule has 2 aromatic rings. The van der Waals surface area contributed by atoms with Crippen LogP contribution in [0.15, 0.2) is 54.1 Å². The van der Waals surface area contributed by atoms with Gasteiger partial charge in [-0.25, -0.2) is 4.79 Å². The Hall–Kier alpha value is -2.79. The molecule has 1 heterocycles. The Bertz CT molecular complexity index is 859. The summed E-state index contributed by atoms with van der Waals surface area (Å²) in [5.41, 5.74) is 1.92. The molecule has 1 N–H and O–H groups in total. The molecular formula is C21H20ClNO4. The van der Waals surface area contributed by atoms with Crippen molar-refractivity contribution in [1.82, 2.24) is 0 Å². The molecule has 0 radical (unpaired) electrons. The van der Waals surface area contributed by atoms with Gasteiger partial charge in [-0.1, -0.05) is 23.7 Å². The van der Waals surface area contributed by atoms with E-state index in [1.807, 2.05) is 24.3 Å². The molecule has 27 heavy (non-hydrogen) atoms. The highest BCUT2D eigenvalue weighted by molar-refractivity contribution is 6.30. The number of carboxylic acids is 1. The quantitative estimate of drug-likeness (QED) is 0.754. The largest absolute Gasteiger partial charge is 0.493 e. The van der Waals surface area contributed by atoms with Crippen LogP contribution in [0.5, 0.6) is 5.75 Å². The number of hydrogen-bond donors (Lipinski definition) is 1. The molecule has 0 aromatic heterocycles. The van der Waals surface area contributed by atoms with Crippen molar-refractivity contribution in [3.05, 3.63) is 64.7 Å². The third-order valence-electron chi connectivity index (χ3n) is 4.43. The van der Waals surface area contributed by atoms with E-state index in [4.69, 9.17) is 21.4 Å². The highest BCUT2D eigenvalue weighted by atomic mass is 35.5. The van der Waals surface area contributed by atoms with Gasteiger partial charge < -0.3 is 14.7 Å². The van der Waals surface area contributed by atoms with Crippen molar-refractivity contribution >= 4 is 35.2 Å². The lowest BCUT2D eigenvalue weighted by molar-refractivity contribution is -0.132. The monoisotopic (exact) mass is 385 g/mol. The maximum Gasteiger partial charge on any atom is 0.331 e. The van der Waals surface area contributed by atoms with Crippen LogP contribution in [0.3, 0.4) is 0 Å². The maximum absolute atomic E-state index is 12.3. The first-order chi connectivity index (χ1) is 12.9. The van der Waals surface area contributed by atoms with Crippen molar-refractivity contribution in [1.29, 1.82) is 0 Å². The van der Waals surface area contributed by atoms with E-state index in [0.29, 0.717) is 30.3 Å². The molecule has 0 saturated carbocycles. The van der Waals surface area contributed by atoms with Crippen LogP contribution in [0, 0.1) is 5.92 Å². The topological polar surface area (TPSA) is 66.8 Å². The van der Waals surface area contributed by atoms with Gasteiger partial charge in [0.1, 0.15) is 5.75 Å². The van der Waals surface area contributed by atoms with Crippen LogP contribution >= 0.6 is 11.6 Å². The van der Waals surface area contributed by atoms with Crippen molar-refractivity contribution in [3.8, 4) is 5.75 Å². The van der Waals surface area contributed by atoms with Gasteiger partial charge in [0.2, 0.25) is 5.91 Å². The van der Waals surface area contributed by atoms with Crippen LogP contribution in [0.4, 0.5) is 5.69 Å². The molecule has 0 bridgehead atoms. The van der Waals surface area contributed by atoms with Gasteiger partial charge in [-0.2, -0.15) is 0 Å². The van der Waals surface area contributed by atoms with E-state index in [0.717, 1.165) is 11.3 Å². The second kappa shape index (κ2) is 8.27. The van der Waals surface area contributed by atoms with Gasteiger partial charge in [0.25, 0.3) is 0 Å². The standard InChI is InChI=1S/C21H20ClNO4/c1-14(21(25)26)10-15-2-8-19(9-3-15)27-13-16-11-20(24)23(12-16)18-6-4-17(22)5-7-18/h2-10,16H,11-13H2,1H3,(H,25,26). The zero-order valence-electron chi connectivity index (χ0n) is 14.9. The third-order valence-corrected chi connectivity index (χ3v) is 4.68. The van der Waals surface area contributed by atoms with Gasteiger partial charge in [-0.05, 0) is 55.0 Å². The van der Waals surface area contributed by atoms with Crippen LogP contribution in [0.2, 0.25) is 5.02 Å². The minimum Gasteiger partial charge on any atom is -0.493 e. The Morgan fingerprint density at radius 3 is 2.52 bits per heavy atom. The van der Waals surface area contributed by atoms with E-state index in [-0.39, 0.29) is 17.4 Å². The van der Waals surface area contributed by atoms with Crippen molar-refractivity contribution < 1.29 is 19.4 Å². The van der Waals surface area contributed by atoms with E-state index in [9.17, 15) is 9.59 Å². The lowest BCUT2D eigenvalue weighted by Crippen LogP contribution is -2.25. The number of anilines is 1. The number of nitrogens with zero attached hydrogens (tertiary/aromatic N) is 1. The molecule has 1 aliphatic rings. The molecular weight excluding hydrogens is 366 g/mol. The zero-order valence-corrected chi connectivity index (χ0v) is 15.6. The summed E-state index contributed by atoms with van der Waals surface area (Å²) in [7, 11) is 0. The summed E-state index contributed by atoms with van der Waals surface area (Å²) in [6.07, 6.45) is 2.05.